The van der Waals surface area contributed by atoms with Gasteiger partial charge in [0, 0.05) is 12.2 Å². The standard InChI is InChI=1S/C16H21ClN2O2/c1-10-7-11(2)15(12(3)8-10)18-16(21)13-5-4-6-19(13)14(20)9-17/h7-8,13H,4-6,9H2,1-3H3,(H,18,21)/t13-/m0/s1. The summed E-state index contributed by atoms with van der Waals surface area (Å²) in [4.78, 5) is 25.8. The van der Waals surface area contributed by atoms with Crippen molar-refractivity contribution in [1.82, 2.24) is 4.90 Å². The number of amides is 2. The molecule has 0 aliphatic carbocycles. The van der Waals surface area contributed by atoms with E-state index in [1.54, 1.807) is 4.90 Å². The average Bonchev–Trinajstić information content (AvgIpc) is 2.91. The Morgan fingerprint density at radius 2 is 1.90 bits per heavy atom. The van der Waals surface area contributed by atoms with Gasteiger partial charge in [-0.2, -0.15) is 0 Å². The molecule has 0 unspecified atom stereocenters. The Morgan fingerprint density at radius 3 is 2.48 bits per heavy atom. The number of halogens is 1. The van der Waals surface area contributed by atoms with Gasteiger partial charge in [-0.3, -0.25) is 9.59 Å². The van der Waals surface area contributed by atoms with Crippen LogP contribution in [0.3, 0.4) is 0 Å². The minimum Gasteiger partial charge on any atom is -0.330 e. The van der Waals surface area contributed by atoms with Gasteiger partial charge in [-0.15, -0.1) is 11.6 Å². The highest BCUT2D eigenvalue weighted by molar-refractivity contribution is 6.27. The fraction of sp³-hybridized carbons (Fsp3) is 0.500. The number of likely N-dealkylation sites (tertiary alicyclic amines) is 1. The van der Waals surface area contributed by atoms with Gasteiger partial charge in [-0.05, 0) is 44.7 Å². The lowest BCUT2D eigenvalue weighted by Crippen LogP contribution is -2.43. The van der Waals surface area contributed by atoms with E-state index in [1.165, 1.54) is 5.56 Å². The first-order chi connectivity index (χ1) is 9.93. The predicted octanol–water partition coefficient (Wildman–Crippen LogP) is 2.78. The molecule has 0 bridgehead atoms. The zero-order valence-electron chi connectivity index (χ0n) is 12.7. The van der Waals surface area contributed by atoms with E-state index in [2.05, 4.69) is 5.32 Å². The van der Waals surface area contributed by atoms with Gasteiger partial charge in [-0.25, -0.2) is 0 Å². The molecule has 1 aliphatic heterocycles. The first-order valence-electron chi connectivity index (χ1n) is 7.18. The molecule has 1 aliphatic rings. The van der Waals surface area contributed by atoms with Gasteiger partial charge in [0.2, 0.25) is 11.8 Å². The van der Waals surface area contributed by atoms with Crippen molar-refractivity contribution < 1.29 is 9.59 Å². The van der Waals surface area contributed by atoms with E-state index < -0.39 is 6.04 Å². The molecule has 5 heteroatoms. The summed E-state index contributed by atoms with van der Waals surface area (Å²) >= 11 is 5.61. The minimum absolute atomic E-state index is 0.0770. The van der Waals surface area contributed by atoms with Crippen LogP contribution in [-0.4, -0.2) is 35.2 Å². The molecule has 0 radical (unpaired) electrons. The summed E-state index contributed by atoms with van der Waals surface area (Å²) in [5, 5.41) is 2.98. The third-order valence-corrected chi connectivity index (χ3v) is 4.14. The Balaban J connectivity index is 2.17. The van der Waals surface area contributed by atoms with Gasteiger partial charge in [0.15, 0.2) is 0 Å². The molecule has 1 heterocycles. The molecule has 114 valence electrons. The molecular weight excluding hydrogens is 288 g/mol. The van der Waals surface area contributed by atoms with Crippen LogP contribution in [0.4, 0.5) is 5.69 Å². The highest BCUT2D eigenvalue weighted by Gasteiger charge is 2.33. The SMILES string of the molecule is Cc1cc(C)c(NC(=O)[C@@H]2CCCN2C(=O)CCl)c(C)c1. The van der Waals surface area contributed by atoms with Crippen LogP contribution in [0.1, 0.15) is 29.5 Å². The first-order valence-corrected chi connectivity index (χ1v) is 7.71. The number of hydrogen-bond donors (Lipinski definition) is 1. The van der Waals surface area contributed by atoms with Gasteiger partial charge >= 0.3 is 0 Å². The van der Waals surface area contributed by atoms with Crippen molar-refractivity contribution in [3.05, 3.63) is 28.8 Å². The maximum Gasteiger partial charge on any atom is 0.247 e. The van der Waals surface area contributed by atoms with Crippen LogP contribution in [-0.2, 0) is 9.59 Å². The first kappa shape index (κ1) is 15.8. The van der Waals surface area contributed by atoms with E-state index in [0.717, 1.165) is 23.2 Å². The molecule has 1 aromatic carbocycles. The summed E-state index contributed by atoms with van der Waals surface area (Å²) in [7, 11) is 0. The van der Waals surface area contributed by atoms with Gasteiger partial charge in [0.25, 0.3) is 0 Å². The van der Waals surface area contributed by atoms with E-state index in [0.29, 0.717) is 13.0 Å². The van der Waals surface area contributed by atoms with Crippen molar-refractivity contribution in [2.24, 2.45) is 0 Å². The normalized spacial score (nSPS) is 17.9. The van der Waals surface area contributed by atoms with Crippen LogP contribution in [0, 0.1) is 20.8 Å². The zero-order chi connectivity index (χ0) is 15.6. The Hall–Kier alpha value is -1.55. The number of benzene rings is 1. The molecule has 0 saturated carbocycles. The molecule has 0 spiro atoms. The summed E-state index contributed by atoms with van der Waals surface area (Å²) in [6, 6.07) is 3.68. The molecule has 2 rings (SSSR count). The number of nitrogens with zero attached hydrogens (tertiary/aromatic N) is 1. The van der Waals surface area contributed by atoms with Crippen LogP contribution >= 0.6 is 11.6 Å². The van der Waals surface area contributed by atoms with E-state index in [1.807, 2.05) is 32.9 Å². The molecule has 1 N–H and O–H groups in total. The van der Waals surface area contributed by atoms with Crippen LogP contribution in [0.15, 0.2) is 12.1 Å². The maximum atomic E-state index is 12.5. The number of anilines is 1. The van der Waals surface area contributed by atoms with Crippen molar-refractivity contribution in [2.45, 2.75) is 39.7 Å². The summed E-state index contributed by atoms with van der Waals surface area (Å²) < 4.78 is 0. The number of aryl methyl sites for hydroxylation is 3. The number of rotatable bonds is 3. The number of carbonyl (C=O) groups is 2. The van der Waals surface area contributed by atoms with Crippen molar-refractivity contribution >= 4 is 29.1 Å². The van der Waals surface area contributed by atoms with Crippen LogP contribution in [0.25, 0.3) is 0 Å². The molecule has 4 nitrogen and oxygen atoms in total. The van der Waals surface area contributed by atoms with Crippen molar-refractivity contribution in [1.29, 1.82) is 0 Å². The molecule has 1 saturated heterocycles. The third-order valence-electron chi connectivity index (χ3n) is 3.92. The fourth-order valence-corrected chi connectivity index (χ4v) is 3.15. The lowest BCUT2D eigenvalue weighted by atomic mass is 10.0. The number of carbonyl (C=O) groups excluding carboxylic acids is 2. The zero-order valence-corrected chi connectivity index (χ0v) is 13.5. The average molecular weight is 309 g/mol. The number of nitrogens with one attached hydrogen (secondary N) is 1. The van der Waals surface area contributed by atoms with E-state index in [-0.39, 0.29) is 17.7 Å². The topological polar surface area (TPSA) is 49.4 Å². The summed E-state index contributed by atoms with van der Waals surface area (Å²) in [6.45, 7) is 6.59. The van der Waals surface area contributed by atoms with Crippen molar-refractivity contribution in [3.8, 4) is 0 Å². The van der Waals surface area contributed by atoms with Crippen LogP contribution in [0.2, 0.25) is 0 Å². The quantitative estimate of drug-likeness (QED) is 0.873. The van der Waals surface area contributed by atoms with Gasteiger partial charge in [-0.1, -0.05) is 17.7 Å². The number of hydrogen-bond acceptors (Lipinski definition) is 2. The predicted molar refractivity (Wildman–Crippen MR) is 84.7 cm³/mol. The molecule has 21 heavy (non-hydrogen) atoms. The van der Waals surface area contributed by atoms with Gasteiger partial charge in [0.1, 0.15) is 11.9 Å². The van der Waals surface area contributed by atoms with Gasteiger partial charge in [0.05, 0.1) is 0 Å². The fourth-order valence-electron chi connectivity index (χ4n) is 3.00. The highest BCUT2D eigenvalue weighted by atomic mass is 35.5. The summed E-state index contributed by atoms with van der Waals surface area (Å²) in [5.41, 5.74) is 4.08. The Labute approximate surface area is 130 Å². The molecule has 1 aromatic rings. The highest BCUT2D eigenvalue weighted by Crippen LogP contribution is 2.24. The maximum absolute atomic E-state index is 12.5. The molecule has 0 aromatic heterocycles. The Morgan fingerprint density at radius 1 is 1.29 bits per heavy atom. The van der Waals surface area contributed by atoms with Gasteiger partial charge < -0.3 is 10.2 Å². The van der Waals surface area contributed by atoms with E-state index >= 15 is 0 Å². The number of alkyl halides is 1. The molecule has 2 amide bonds. The minimum atomic E-state index is -0.406. The molecule has 1 fully saturated rings. The van der Waals surface area contributed by atoms with Crippen LogP contribution < -0.4 is 5.32 Å². The van der Waals surface area contributed by atoms with Crippen molar-refractivity contribution in [2.75, 3.05) is 17.7 Å². The molecule has 1 atom stereocenters. The second-order valence-corrected chi connectivity index (χ2v) is 5.91. The van der Waals surface area contributed by atoms with E-state index in [9.17, 15) is 9.59 Å². The van der Waals surface area contributed by atoms with Crippen LogP contribution in [0.5, 0.6) is 0 Å². The lowest BCUT2D eigenvalue weighted by Gasteiger charge is -2.24. The summed E-state index contributed by atoms with van der Waals surface area (Å²) in [6.07, 6.45) is 1.53. The summed E-state index contributed by atoms with van der Waals surface area (Å²) in [5.74, 6) is -0.375. The largest absolute Gasteiger partial charge is 0.330 e. The lowest BCUT2D eigenvalue weighted by molar-refractivity contribution is -0.134. The smallest absolute Gasteiger partial charge is 0.247 e. The second kappa shape index (κ2) is 6.48. The third kappa shape index (κ3) is 3.38. The Bertz CT molecular complexity index is 548. The second-order valence-electron chi connectivity index (χ2n) is 5.64. The monoisotopic (exact) mass is 308 g/mol. The molecular formula is C16H21ClN2O2. The Kier molecular flexibility index (Phi) is 4.88. The van der Waals surface area contributed by atoms with Crippen molar-refractivity contribution in [3.63, 3.8) is 0 Å². The van der Waals surface area contributed by atoms with E-state index in [4.69, 9.17) is 11.6 Å².